The van der Waals surface area contributed by atoms with Crippen molar-refractivity contribution in [1.82, 2.24) is 0 Å². The highest BCUT2D eigenvalue weighted by atomic mass is 79.9. The molecule has 1 aromatic carbocycles. The fraction of sp³-hybridized carbons (Fsp3) is 0.467. The summed E-state index contributed by atoms with van der Waals surface area (Å²) in [5, 5.41) is 12.1. The normalized spacial score (nSPS) is 21.8. The molecule has 2 N–H and O–H groups in total. The number of nitrogens with one attached hydrogen (secondary N) is 1. The zero-order valence-electron chi connectivity index (χ0n) is 11.6. The molecular formula is C15H18BrNO3. The maximum atomic E-state index is 12.3. The number of carbonyl (C=O) groups is 2. The number of benzene rings is 1. The van der Waals surface area contributed by atoms with E-state index in [0.717, 1.165) is 27.7 Å². The van der Waals surface area contributed by atoms with E-state index >= 15 is 0 Å². The van der Waals surface area contributed by atoms with Gasteiger partial charge in [-0.1, -0.05) is 22.4 Å². The molecule has 20 heavy (non-hydrogen) atoms. The minimum Gasteiger partial charge on any atom is -0.481 e. The van der Waals surface area contributed by atoms with Crippen LogP contribution < -0.4 is 5.32 Å². The second kappa shape index (κ2) is 5.95. The largest absolute Gasteiger partial charge is 0.481 e. The number of carbonyl (C=O) groups excluding carboxylic acids is 1. The number of amides is 1. The number of aryl methyl sites for hydroxylation is 2. The molecule has 1 aliphatic rings. The van der Waals surface area contributed by atoms with Crippen LogP contribution in [0.1, 0.15) is 30.4 Å². The first-order valence-electron chi connectivity index (χ1n) is 6.70. The van der Waals surface area contributed by atoms with Crippen LogP contribution in [0.5, 0.6) is 0 Å². The van der Waals surface area contributed by atoms with Crippen molar-refractivity contribution in [2.45, 2.75) is 33.1 Å². The van der Waals surface area contributed by atoms with Crippen molar-refractivity contribution in [2.24, 2.45) is 11.8 Å². The lowest BCUT2D eigenvalue weighted by atomic mass is 9.95. The Balaban J connectivity index is 2.18. The molecular weight excluding hydrogens is 322 g/mol. The van der Waals surface area contributed by atoms with Crippen LogP contribution >= 0.6 is 15.9 Å². The molecule has 0 bridgehead atoms. The first-order valence-corrected chi connectivity index (χ1v) is 7.50. The van der Waals surface area contributed by atoms with Gasteiger partial charge in [-0.2, -0.15) is 0 Å². The lowest BCUT2D eigenvalue weighted by Gasteiger charge is -2.18. The second-order valence-electron chi connectivity index (χ2n) is 5.39. The molecule has 0 unspecified atom stereocenters. The molecule has 0 spiro atoms. The lowest BCUT2D eigenvalue weighted by molar-refractivity contribution is -0.145. The maximum Gasteiger partial charge on any atom is 0.307 e. The molecule has 1 amide bonds. The summed E-state index contributed by atoms with van der Waals surface area (Å²) in [5.41, 5.74) is 2.72. The number of aliphatic carboxylic acids is 1. The summed E-state index contributed by atoms with van der Waals surface area (Å²) >= 11 is 3.42. The topological polar surface area (TPSA) is 66.4 Å². The maximum absolute atomic E-state index is 12.3. The number of hydrogen-bond acceptors (Lipinski definition) is 2. The Bertz CT molecular complexity index is 533. The highest BCUT2D eigenvalue weighted by molar-refractivity contribution is 9.10. The van der Waals surface area contributed by atoms with Gasteiger partial charge in [-0.05, 0) is 49.9 Å². The molecule has 2 rings (SSSR count). The molecule has 5 heteroatoms. The Hall–Kier alpha value is -1.36. The van der Waals surface area contributed by atoms with Gasteiger partial charge in [0.1, 0.15) is 0 Å². The van der Waals surface area contributed by atoms with E-state index in [1.54, 1.807) is 0 Å². The van der Waals surface area contributed by atoms with E-state index in [-0.39, 0.29) is 5.91 Å². The van der Waals surface area contributed by atoms with Crippen LogP contribution in [0.3, 0.4) is 0 Å². The number of carboxylic acid groups (broad SMARTS) is 1. The Morgan fingerprint density at radius 3 is 2.30 bits per heavy atom. The van der Waals surface area contributed by atoms with Gasteiger partial charge < -0.3 is 10.4 Å². The van der Waals surface area contributed by atoms with Gasteiger partial charge in [-0.15, -0.1) is 0 Å². The average molecular weight is 340 g/mol. The number of carboxylic acids is 1. The summed E-state index contributed by atoms with van der Waals surface area (Å²) in [5.74, 6) is -2.02. The van der Waals surface area contributed by atoms with Crippen LogP contribution in [0.25, 0.3) is 0 Å². The van der Waals surface area contributed by atoms with Crippen LogP contribution in [-0.4, -0.2) is 17.0 Å². The van der Waals surface area contributed by atoms with Gasteiger partial charge >= 0.3 is 5.97 Å². The third-order valence-corrected chi connectivity index (χ3v) is 4.37. The summed E-state index contributed by atoms with van der Waals surface area (Å²) in [7, 11) is 0. The molecule has 0 heterocycles. The van der Waals surface area contributed by atoms with Crippen LogP contribution in [0.15, 0.2) is 16.6 Å². The minimum absolute atomic E-state index is 0.177. The number of halogens is 1. The van der Waals surface area contributed by atoms with Crippen molar-refractivity contribution < 1.29 is 14.7 Å². The van der Waals surface area contributed by atoms with Crippen molar-refractivity contribution in [3.05, 3.63) is 27.7 Å². The van der Waals surface area contributed by atoms with E-state index in [1.165, 1.54) is 0 Å². The summed E-state index contributed by atoms with van der Waals surface area (Å²) in [6.07, 6.45) is 2.04. The summed E-state index contributed by atoms with van der Waals surface area (Å²) in [6, 6.07) is 3.87. The molecule has 108 valence electrons. The van der Waals surface area contributed by atoms with Crippen molar-refractivity contribution in [2.75, 3.05) is 5.32 Å². The fourth-order valence-corrected chi connectivity index (χ4v) is 3.58. The minimum atomic E-state index is -0.869. The van der Waals surface area contributed by atoms with Crippen LogP contribution in [0.4, 0.5) is 5.69 Å². The van der Waals surface area contributed by atoms with E-state index in [2.05, 4.69) is 21.2 Å². The molecule has 1 aliphatic carbocycles. The molecule has 1 fully saturated rings. The summed E-state index contributed by atoms with van der Waals surface area (Å²) < 4.78 is 0.967. The van der Waals surface area contributed by atoms with E-state index in [9.17, 15) is 9.59 Å². The van der Waals surface area contributed by atoms with E-state index < -0.39 is 17.8 Å². The molecule has 1 aromatic rings. The Labute approximate surface area is 126 Å². The number of anilines is 1. The van der Waals surface area contributed by atoms with E-state index in [1.807, 2.05) is 26.0 Å². The third-order valence-electron chi connectivity index (χ3n) is 3.92. The molecule has 1 saturated carbocycles. The summed E-state index contributed by atoms with van der Waals surface area (Å²) in [6.45, 7) is 3.85. The van der Waals surface area contributed by atoms with Crippen molar-refractivity contribution >= 4 is 33.5 Å². The van der Waals surface area contributed by atoms with E-state index in [4.69, 9.17) is 5.11 Å². The molecule has 2 atom stereocenters. The lowest BCUT2D eigenvalue weighted by Crippen LogP contribution is -2.30. The average Bonchev–Trinajstić information content (AvgIpc) is 2.82. The van der Waals surface area contributed by atoms with Crippen molar-refractivity contribution in [1.29, 1.82) is 0 Å². The molecule has 0 aliphatic heterocycles. The van der Waals surface area contributed by atoms with Gasteiger partial charge in [0.05, 0.1) is 11.8 Å². The summed E-state index contributed by atoms with van der Waals surface area (Å²) in [4.78, 5) is 23.5. The zero-order valence-corrected chi connectivity index (χ0v) is 13.2. The molecule has 0 radical (unpaired) electrons. The van der Waals surface area contributed by atoms with Gasteiger partial charge in [0.25, 0.3) is 0 Å². The van der Waals surface area contributed by atoms with Crippen LogP contribution in [0.2, 0.25) is 0 Å². The van der Waals surface area contributed by atoms with Gasteiger partial charge in [0.2, 0.25) is 5.91 Å². The standard InChI is InChI=1S/C15H18BrNO3/c1-8-6-10(16)7-9(2)13(8)17-14(18)11-4-3-5-12(11)15(19)20/h6-7,11-12H,3-5H2,1-2H3,(H,17,18)(H,19,20)/t11-,12+/m1/s1. The molecule has 0 saturated heterocycles. The van der Waals surface area contributed by atoms with Crippen LogP contribution in [-0.2, 0) is 9.59 Å². The Kier molecular flexibility index (Phi) is 4.48. The van der Waals surface area contributed by atoms with Gasteiger partial charge in [0, 0.05) is 10.2 Å². The smallest absolute Gasteiger partial charge is 0.307 e. The van der Waals surface area contributed by atoms with Gasteiger partial charge in [0.15, 0.2) is 0 Å². The van der Waals surface area contributed by atoms with Crippen molar-refractivity contribution in [3.63, 3.8) is 0 Å². The Morgan fingerprint density at radius 1 is 1.20 bits per heavy atom. The molecule has 0 aromatic heterocycles. The fourth-order valence-electron chi connectivity index (χ4n) is 2.89. The zero-order chi connectivity index (χ0) is 14.9. The predicted molar refractivity (Wildman–Crippen MR) is 80.7 cm³/mol. The monoisotopic (exact) mass is 339 g/mol. The second-order valence-corrected chi connectivity index (χ2v) is 6.30. The van der Waals surface area contributed by atoms with Crippen molar-refractivity contribution in [3.8, 4) is 0 Å². The predicted octanol–water partition coefficient (Wildman–Crippen LogP) is 3.51. The number of hydrogen-bond donors (Lipinski definition) is 2. The Morgan fingerprint density at radius 2 is 1.75 bits per heavy atom. The molecule has 4 nitrogen and oxygen atoms in total. The highest BCUT2D eigenvalue weighted by Gasteiger charge is 2.37. The van der Waals surface area contributed by atoms with E-state index in [0.29, 0.717) is 12.8 Å². The highest BCUT2D eigenvalue weighted by Crippen LogP contribution is 2.34. The first kappa shape index (κ1) is 15.0. The van der Waals surface area contributed by atoms with Gasteiger partial charge in [-0.25, -0.2) is 0 Å². The third kappa shape index (κ3) is 3.03. The quantitative estimate of drug-likeness (QED) is 0.885. The first-order chi connectivity index (χ1) is 9.40. The van der Waals surface area contributed by atoms with Crippen LogP contribution in [0, 0.1) is 25.7 Å². The van der Waals surface area contributed by atoms with Gasteiger partial charge in [-0.3, -0.25) is 9.59 Å². The number of rotatable bonds is 3. The SMILES string of the molecule is Cc1cc(Br)cc(C)c1NC(=O)[C@@H]1CCC[C@@H]1C(=O)O.